The first kappa shape index (κ1) is 19.7. The maximum absolute atomic E-state index is 11.2. The molecule has 0 radical (unpaired) electrons. The van der Waals surface area contributed by atoms with Crippen molar-refractivity contribution >= 4 is 29.3 Å². The summed E-state index contributed by atoms with van der Waals surface area (Å²) in [6, 6.07) is 12.1. The number of para-hydroxylation sites is 1. The van der Waals surface area contributed by atoms with Crippen LogP contribution in [0.4, 0.5) is 0 Å². The van der Waals surface area contributed by atoms with Gasteiger partial charge in [0.25, 0.3) is 0 Å². The number of halogens is 1. The topological polar surface area (TPSA) is 77.0 Å². The molecule has 0 amide bonds. The first-order valence-corrected chi connectivity index (χ1v) is 9.79. The molecule has 6 nitrogen and oxygen atoms in total. The van der Waals surface area contributed by atoms with E-state index >= 15 is 0 Å². The molecule has 1 aliphatic rings. The Morgan fingerprint density at radius 3 is 2.63 bits per heavy atom. The zero-order chi connectivity index (χ0) is 19.2. The number of methoxy groups -OCH3 is 1. The summed E-state index contributed by atoms with van der Waals surface area (Å²) in [7, 11) is 1.57. The zero-order valence-corrected chi connectivity index (χ0v) is 16.3. The monoisotopic (exact) mass is 409 g/mol. The second kappa shape index (κ2) is 9.21. The minimum atomic E-state index is -0.855. The lowest BCUT2D eigenvalue weighted by molar-refractivity contribution is -0.138. The van der Waals surface area contributed by atoms with E-state index in [1.54, 1.807) is 31.4 Å². The minimum absolute atomic E-state index is 0.173. The molecule has 0 bridgehead atoms. The Labute approximate surface area is 166 Å². The summed E-state index contributed by atoms with van der Waals surface area (Å²) >= 11 is 7.39. The lowest BCUT2D eigenvalue weighted by atomic mass is 10.1. The Bertz CT molecular complexity index is 786. The van der Waals surface area contributed by atoms with Crippen LogP contribution in [-0.2, 0) is 4.79 Å². The predicted octanol–water partition coefficient (Wildman–Crippen LogP) is 3.59. The SMILES string of the molecule is COc1cccc(C2NC(C(=O)O)CS2)c1OCCOc1ccc(Cl)cc1. The van der Waals surface area contributed by atoms with Crippen molar-refractivity contribution in [3.05, 3.63) is 53.1 Å². The van der Waals surface area contributed by atoms with E-state index in [0.29, 0.717) is 41.2 Å². The van der Waals surface area contributed by atoms with E-state index in [2.05, 4.69) is 5.32 Å². The van der Waals surface area contributed by atoms with Crippen LogP contribution in [0.3, 0.4) is 0 Å². The molecular weight excluding hydrogens is 390 g/mol. The fourth-order valence-electron chi connectivity index (χ4n) is 2.68. The normalized spacial score (nSPS) is 18.9. The third-order valence-electron chi connectivity index (χ3n) is 4.00. The van der Waals surface area contributed by atoms with Gasteiger partial charge in [-0.2, -0.15) is 0 Å². The van der Waals surface area contributed by atoms with Crippen molar-refractivity contribution < 1.29 is 24.1 Å². The van der Waals surface area contributed by atoms with Gasteiger partial charge in [0.2, 0.25) is 0 Å². The van der Waals surface area contributed by atoms with E-state index in [-0.39, 0.29) is 5.37 Å². The third kappa shape index (κ3) is 5.00. The van der Waals surface area contributed by atoms with Crippen molar-refractivity contribution in [1.29, 1.82) is 0 Å². The van der Waals surface area contributed by atoms with Gasteiger partial charge < -0.3 is 19.3 Å². The Morgan fingerprint density at radius 1 is 1.22 bits per heavy atom. The number of rotatable bonds is 8. The van der Waals surface area contributed by atoms with Crippen LogP contribution < -0.4 is 19.5 Å². The van der Waals surface area contributed by atoms with Crippen molar-refractivity contribution in [2.24, 2.45) is 0 Å². The number of ether oxygens (including phenoxy) is 3. The Kier molecular flexibility index (Phi) is 6.71. The number of hydrogen-bond acceptors (Lipinski definition) is 6. The van der Waals surface area contributed by atoms with Gasteiger partial charge in [-0.05, 0) is 30.3 Å². The summed E-state index contributed by atoms with van der Waals surface area (Å²) in [5, 5.41) is 12.8. The number of nitrogens with one attached hydrogen (secondary N) is 1. The lowest BCUT2D eigenvalue weighted by Gasteiger charge is -2.19. The van der Waals surface area contributed by atoms with Crippen molar-refractivity contribution in [3.63, 3.8) is 0 Å². The fraction of sp³-hybridized carbons (Fsp3) is 0.316. The first-order valence-electron chi connectivity index (χ1n) is 8.37. The molecule has 27 heavy (non-hydrogen) atoms. The summed E-state index contributed by atoms with van der Waals surface area (Å²) in [6.07, 6.45) is 0. The fourth-order valence-corrected chi connectivity index (χ4v) is 4.06. The van der Waals surface area contributed by atoms with Crippen molar-refractivity contribution in [1.82, 2.24) is 5.32 Å². The smallest absolute Gasteiger partial charge is 0.321 e. The standard InChI is InChI=1S/C19H20ClNO5S/c1-24-16-4-2-3-14(18-21-15(11-27-18)19(22)23)17(16)26-10-9-25-13-7-5-12(20)6-8-13/h2-8,15,18,21H,9-11H2,1H3,(H,22,23). The molecule has 2 N–H and O–H groups in total. The van der Waals surface area contributed by atoms with Crippen LogP contribution in [0, 0.1) is 0 Å². The summed E-state index contributed by atoms with van der Waals surface area (Å²) in [4.78, 5) is 11.2. The molecule has 2 aromatic rings. The molecule has 1 aliphatic heterocycles. The highest BCUT2D eigenvalue weighted by molar-refractivity contribution is 7.99. The molecule has 0 aliphatic carbocycles. The molecule has 1 heterocycles. The molecule has 0 spiro atoms. The van der Waals surface area contributed by atoms with E-state index < -0.39 is 12.0 Å². The van der Waals surface area contributed by atoms with Crippen molar-refractivity contribution in [3.8, 4) is 17.2 Å². The van der Waals surface area contributed by atoms with Crippen LogP contribution in [0.25, 0.3) is 0 Å². The molecule has 3 rings (SSSR count). The van der Waals surface area contributed by atoms with Crippen LogP contribution in [0.5, 0.6) is 17.2 Å². The molecule has 2 unspecified atom stereocenters. The van der Waals surface area contributed by atoms with E-state index in [9.17, 15) is 9.90 Å². The largest absolute Gasteiger partial charge is 0.493 e. The minimum Gasteiger partial charge on any atom is -0.493 e. The van der Waals surface area contributed by atoms with Gasteiger partial charge >= 0.3 is 5.97 Å². The number of hydrogen-bond donors (Lipinski definition) is 2. The molecule has 0 saturated carbocycles. The molecule has 1 saturated heterocycles. The lowest BCUT2D eigenvalue weighted by Crippen LogP contribution is -2.33. The third-order valence-corrected chi connectivity index (χ3v) is 5.51. The number of carbonyl (C=O) groups is 1. The first-order chi connectivity index (χ1) is 13.1. The quantitative estimate of drug-likeness (QED) is 0.645. The van der Waals surface area contributed by atoms with Gasteiger partial charge in [0, 0.05) is 16.3 Å². The average Bonchev–Trinajstić information content (AvgIpc) is 3.17. The van der Waals surface area contributed by atoms with Crippen LogP contribution >= 0.6 is 23.4 Å². The highest BCUT2D eigenvalue weighted by atomic mass is 35.5. The molecule has 1 fully saturated rings. The Morgan fingerprint density at radius 2 is 1.96 bits per heavy atom. The van der Waals surface area contributed by atoms with E-state index in [0.717, 1.165) is 5.56 Å². The second-order valence-corrected chi connectivity index (χ2v) is 7.37. The molecular formula is C19H20ClNO5S. The van der Waals surface area contributed by atoms with Crippen molar-refractivity contribution in [2.75, 3.05) is 26.1 Å². The predicted molar refractivity (Wildman–Crippen MR) is 105 cm³/mol. The van der Waals surface area contributed by atoms with Gasteiger partial charge in [-0.25, -0.2) is 0 Å². The highest BCUT2D eigenvalue weighted by Gasteiger charge is 2.32. The zero-order valence-electron chi connectivity index (χ0n) is 14.7. The number of carboxylic acid groups (broad SMARTS) is 1. The highest BCUT2D eigenvalue weighted by Crippen LogP contribution is 2.42. The number of thioether (sulfide) groups is 1. The van der Waals surface area contributed by atoms with E-state index in [4.69, 9.17) is 25.8 Å². The maximum atomic E-state index is 11.2. The number of carboxylic acids is 1. The van der Waals surface area contributed by atoms with Crippen LogP contribution in [-0.4, -0.2) is 43.2 Å². The maximum Gasteiger partial charge on any atom is 0.321 e. The van der Waals surface area contributed by atoms with Gasteiger partial charge in [-0.15, -0.1) is 11.8 Å². The molecule has 8 heteroatoms. The molecule has 0 aromatic heterocycles. The van der Waals surface area contributed by atoms with E-state index in [1.165, 1.54) is 11.8 Å². The Balaban J connectivity index is 1.65. The summed E-state index contributed by atoms with van der Waals surface area (Å²) in [5.41, 5.74) is 0.856. The van der Waals surface area contributed by atoms with E-state index in [1.807, 2.05) is 18.2 Å². The van der Waals surface area contributed by atoms with Crippen LogP contribution in [0.15, 0.2) is 42.5 Å². The van der Waals surface area contributed by atoms with Crippen LogP contribution in [0.2, 0.25) is 5.02 Å². The van der Waals surface area contributed by atoms with Crippen LogP contribution in [0.1, 0.15) is 10.9 Å². The van der Waals surface area contributed by atoms with Gasteiger partial charge in [-0.1, -0.05) is 23.7 Å². The Hall–Kier alpha value is -2.09. The van der Waals surface area contributed by atoms with Crippen molar-refractivity contribution in [2.45, 2.75) is 11.4 Å². The summed E-state index contributed by atoms with van der Waals surface area (Å²) in [5.74, 6) is 1.54. The second-order valence-electron chi connectivity index (χ2n) is 5.80. The van der Waals surface area contributed by atoms with Gasteiger partial charge in [0.15, 0.2) is 11.5 Å². The van der Waals surface area contributed by atoms with Gasteiger partial charge in [-0.3, -0.25) is 10.1 Å². The molecule has 2 aromatic carbocycles. The average molecular weight is 410 g/mol. The molecule has 2 atom stereocenters. The van der Waals surface area contributed by atoms with Gasteiger partial charge in [0.1, 0.15) is 25.0 Å². The molecule has 144 valence electrons. The summed E-state index contributed by atoms with van der Waals surface area (Å²) in [6.45, 7) is 0.665. The number of benzene rings is 2. The van der Waals surface area contributed by atoms with Gasteiger partial charge in [0.05, 0.1) is 12.5 Å². The number of aliphatic carboxylic acids is 1. The summed E-state index contributed by atoms with van der Waals surface area (Å²) < 4.78 is 17.0.